The van der Waals surface area contributed by atoms with E-state index in [1.165, 1.54) is 6.21 Å². The first kappa shape index (κ1) is 19.4. The predicted molar refractivity (Wildman–Crippen MR) is 113 cm³/mol. The Bertz CT molecular complexity index is 1030. The third-order valence-electron chi connectivity index (χ3n) is 4.67. The third-order valence-corrected chi connectivity index (χ3v) is 4.67. The highest BCUT2D eigenvalue weighted by atomic mass is 16.3. The number of para-hydroxylation sites is 1. The lowest BCUT2D eigenvalue weighted by Crippen LogP contribution is -2.21. The van der Waals surface area contributed by atoms with Crippen molar-refractivity contribution in [3.8, 4) is 5.75 Å². The second-order valence-corrected chi connectivity index (χ2v) is 6.43. The number of amides is 1. The molecule has 0 saturated heterocycles. The van der Waals surface area contributed by atoms with Gasteiger partial charge in [0, 0.05) is 35.8 Å². The summed E-state index contributed by atoms with van der Waals surface area (Å²) < 4.78 is 0. The van der Waals surface area contributed by atoms with Crippen molar-refractivity contribution in [2.24, 2.45) is 5.10 Å². The zero-order chi connectivity index (χ0) is 20.1. The van der Waals surface area contributed by atoms with Gasteiger partial charge >= 0.3 is 0 Å². The second-order valence-electron chi connectivity index (χ2n) is 6.43. The molecule has 0 aliphatic heterocycles. The smallest absolute Gasteiger partial charge is 0.273 e. The van der Waals surface area contributed by atoms with E-state index in [0.29, 0.717) is 16.8 Å². The number of aromatic nitrogens is 1. The van der Waals surface area contributed by atoms with Crippen molar-refractivity contribution < 1.29 is 9.90 Å². The van der Waals surface area contributed by atoms with Crippen LogP contribution in [0.2, 0.25) is 0 Å². The van der Waals surface area contributed by atoms with E-state index in [2.05, 4.69) is 34.3 Å². The van der Waals surface area contributed by atoms with E-state index in [9.17, 15) is 9.90 Å². The van der Waals surface area contributed by atoms with Crippen LogP contribution >= 0.6 is 0 Å². The van der Waals surface area contributed by atoms with Crippen LogP contribution < -0.4 is 10.3 Å². The number of anilines is 1. The minimum absolute atomic E-state index is 0.117. The molecule has 1 aromatic heterocycles. The van der Waals surface area contributed by atoms with Crippen molar-refractivity contribution in [2.45, 2.75) is 20.8 Å². The van der Waals surface area contributed by atoms with E-state index < -0.39 is 0 Å². The van der Waals surface area contributed by atoms with Gasteiger partial charge in [-0.25, -0.2) is 5.43 Å². The van der Waals surface area contributed by atoms with Gasteiger partial charge in [0.15, 0.2) is 0 Å². The minimum atomic E-state index is -0.341. The van der Waals surface area contributed by atoms with Gasteiger partial charge in [0.2, 0.25) is 0 Å². The van der Waals surface area contributed by atoms with Crippen LogP contribution in [0.4, 0.5) is 5.69 Å². The fourth-order valence-corrected chi connectivity index (χ4v) is 3.09. The van der Waals surface area contributed by atoms with Crippen LogP contribution in [-0.2, 0) is 0 Å². The molecule has 2 aromatic carbocycles. The Morgan fingerprint density at radius 1 is 1.18 bits per heavy atom. The number of hydrogen-bond donors (Lipinski definition) is 2. The molecule has 0 fully saturated rings. The summed E-state index contributed by atoms with van der Waals surface area (Å²) in [5.74, 6) is -0.225. The molecule has 6 heteroatoms. The lowest BCUT2D eigenvalue weighted by atomic mass is 10.1. The minimum Gasteiger partial charge on any atom is -0.507 e. The maximum atomic E-state index is 12.5. The van der Waals surface area contributed by atoms with Gasteiger partial charge in [0.25, 0.3) is 5.91 Å². The Labute approximate surface area is 164 Å². The highest BCUT2D eigenvalue weighted by molar-refractivity contribution is 5.99. The first-order valence-electron chi connectivity index (χ1n) is 9.31. The summed E-state index contributed by atoms with van der Waals surface area (Å²) in [5, 5.41) is 15.1. The summed E-state index contributed by atoms with van der Waals surface area (Å²) in [5.41, 5.74) is 5.94. The van der Waals surface area contributed by atoms with E-state index in [0.717, 1.165) is 29.7 Å². The number of benzene rings is 2. The third kappa shape index (κ3) is 4.11. The molecular weight excluding hydrogens is 352 g/mol. The molecule has 1 amide bonds. The average Bonchev–Trinajstić information content (AvgIpc) is 2.69. The Kier molecular flexibility index (Phi) is 5.89. The van der Waals surface area contributed by atoms with Crippen LogP contribution in [0.15, 0.2) is 53.6 Å². The topological polar surface area (TPSA) is 77.8 Å². The Hall–Kier alpha value is -3.41. The molecular formula is C22H24N4O2. The van der Waals surface area contributed by atoms with Crippen molar-refractivity contribution in [1.29, 1.82) is 0 Å². The van der Waals surface area contributed by atoms with Gasteiger partial charge in [0.05, 0.1) is 23.0 Å². The summed E-state index contributed by atoms with van der Waals surface area (Å²) in [6, 6.07) is 14.9. The molecule has 2 N–H and O–H groups in total. The molecule has 0 bridgehead atoms. The van der Waals surface area contributed by atoms with Crippen LogP contribution in [0.5, 0.6) is 5.75 Å². The summed E-state index contributed by atoms with van der Waals surface area (Å²) >= 11 is 0. The number of pyridine rings is 1. The molecule has 0 aliphatic rings. The van der Waals surface area contributed by atoms with Crippen LogP contribution in [-0.4, -0.2) is 35.3 Å². The Morgan fingerprint density at radius 2 is 1.93 bits per heavy atom. The van der Waals surface area contributed by atoms with Gasteiger partial charge in [-0.1, -0.05) is 18.2 Å². The molecule has 0 atom stereocenters. The van der Waals surface area contributed by atoms with Crippen LogP contribution in [0.1, 0.15) is 35.5 Å². The van der Waals surface area contributed by atoms with Gasteiger partial charge in [0.1, 0.15) is 5.75 Å². The molecule has 0 aliphatic carbocycles. The molecule has 0 unspecified atom stereocenters. The number of phenolic OH excluding ortho intramolecular Hbond substituents is 1. The number of aryl methyl sites for hydroxylation is 1. The number of hydrogen-bond acceptors (Lipinski definition) is 5. The lowest BCUT2D eigenvalue weighted by molar-refractivity contribution is 0.0954. The molecule has 144 valence electrons. The quantitative estimate of drug-likeness (QED) is 0.506. The zero-order valence-electron chi connectivity index (χ0n) is 16.3. The van der Waals surface area contributed by atoms with Crippen molar-refractivity contribution in [1.82, 2.24) is 10.4 Å². The maximum absolute atomic E-state index is 12.5. The number of nitrogens with zero attached hydrogens (tertiary/aromatic N) is 3. The van der Waals surface area contributed by atoms with Crippen molar-refractivity contribution >= 4 is 28.7 Å². The number of rotatable bonds is 6. The van der Waals surface area contributed by atoms with Gasteiger partial charge in [-0.05, 0) is 45.0 Å². The normalized spacial score (nSPS) is 11.1. The predicted octanol–water partition coefficient (Wildman–Crippen LogP) is 3.86. The largest absolute Gasteiger partial charge is 0.507 e. The summed E-state index contributed by atoms with van der Waals surface area (Å²) in [6.45, 7) is 7.64. The number of carbonyl (C=O) groups is 1. The zero-order valence-corrected chi connectivity index (χ0v) is 16.3. The first-order chi connectivity index (χ1) is 13.5. The molecule has 0 radical (unpaired) electrons. The number of phenols is 1. The standard InChI is InChI=1S/C22H24N4O2/c1-4-26(5-2)18-11-10-17(21(27)13-18)14-23-25-22(28)19-12-16-8-6-7-9-20(16)24-15(19)3/h6-14,27H,4-5H2,1-3H3,(H,25,28)/b23-14-. The number of fused-ring (bicyclic) bond motifs is 1. The van der Waals surface area contributed by atoms with E-state index in [1.807, 2.05) is 30.3 Å². The summed E-state index contributed by atoms with van der Waals surface area (Å²) in [7, 11) is 0. The van der Waals surface area contributed by atoms with E-state index >= 15 is 0 Å². The second kappa shape index (κ2) is 8.52. The van der Waals surface area contributed by atoms with Gasteiger partial charge in [-0.3, -0.25) is 9.78 Å². The number of hydrazone groups is 1. The number of carbonyl (C=O) groups excluding carboxylic acids is 1. The average molecular weight is 376 g/mol. The van der Waals surface area contributed by atoms with Crippen LogP contribution in [0.3, 0.4) is 0 Å². The van der Waals surface area contributed by atoms with Gasteiger partial charge < -0.3 is 10.0 Å². The monoisotopic (exact) mass is 376 g/mol. The van der Waals surface area contributed by atoms with Crippen LogP contribution in [0, 0.1) is 6.92 Å². The number of nitrogens with one attached hydrogen (secondary N) is 1. The van der Waals surface area contributed by atoms with Crippen LogP contribution in [0.25, 0.3) is 10.9 Å². The number of aromatic hydroxyl groups is 1. The van der Waals surface area contributed by atoms with Crippen molar-refractivity contribution in [3.63, 3.8) is 0 Å². The molecule has 28 heavy (non-hydrogen) atoms. The Balaban J connectivity index is 1.74. The lowest BCUT2D eigenvalue weighted by Gasteiger charge is -2.21. The highest BCUT2D eigenvalue weighted by Gasteiger charge is 2.11. The fraction of sp³-hybridized carbons (Fsp3) is 0.227. The van der Waals surface area contributed by atoms with Gasteiger partial charge in [-0.15, -0.1) is 0 Å². The molecule has 3 aromatic rings. The first-order valence-corrected chi connectivity index (χ1v) is 9.31. The molecule has 0 saturated carbocycles. The SMILES string of the molecule is CCN(CC)c1ccc(/C=N\NC(=O)c2cc3ccccc3nc2C)c(O)c1. The molecule has 6 nitrogen and oxygen atoms in total. The highest BCUT2D eigenvalue weighted by Crippen LogP contribution is 2.23. The molecule has 1 heterocycles. The fourth-order valence-electron chi connectivity index (χ4n) is 3.09. The summed E-state index contributed by atoms with van der Waals surface area (Å²) in [6.07, 6.45) is 1.43. The summed E-state index contributed by atoms with van der Waals surface area (Å²) in [4.78, 5) is 19.1. The Morgan fingerprint density at radius 3 is 2.64 bits per heavy atom. The van der Waals surface area contributed by atoms with E-state index in [4.69, 9.17) is 0 Å². The van der Waals surface area contributed by atoms with Gasteiger partial charge in [-0.2, -0.15) is 5.10 Å². The van der Waals surface area contributed by atoms with E-state index in [-0.39, 0.29) is 11.7 Å². The van der Waals surface area contributed by atoms with E-state index in [1.54, 1.807) is 25.1 Å². The maximum Gasteiger partial charge on any atom is 0.273 e. The molecule has 3 rings (SSSR count). The van der Waals surface area contributed by atoms with Crippen molar-refractivity contribution in [2.75, 3.05) is 18.0 Å². The molecule has 0 spiro atoms. The van der Waals surface area contributed by atoms with Crippen molar-refractivity contribution in [3.05, 3.63) is 65.4 Å².